The molecule has 0 radical (unpaired) electrons. The molecule has 2 aromatic heterocycles. The third kappa shape index (κ3) is 4.96. The number of benzene rings is 1. The standard InChI is InChI=1S/C25H24N2O3S2/c1-2-6-20-9-10-21(31-20)11-12-22-24-25(29-14-13-28-24)23(32-22)15-26-27(16-19-17-30-19)18-7-4-3-5-8-18/h2-12,15,19H,13-14,16-17H2,1H3/b6-2+,12-11+,26-15+. The van der Waals surface area contributed by atoms with E-state index in [1.165, 1.54) is 9.75 Å². The predicted molar refractivity (Wildman–Crippen MR) is 134 cm³/mol. The van der Waals surface area contributed by atoms with E-state index in [-0.39, 0.29) is 6.10 Å². The van der Waals surface area contributed by atoms with E-state index >= 15 is 0 Å². The topological polar surface area (TPSA) is 46.6 Å². The second kappa shape index (κ2) is 9.73. The monoisotopic (exact) mass is 464 g/mol. The van der Waals surface area contributed by atoms with E-state index in [0.29, 0.717) is 13.2 Å². The van der Waals surface area contributed by atoms with Crippen LogP contribution < -0.4 is 14.5 Å². The molecule has 2 aliphatic rings. The fourth-order valence-corrected chi connectivity index (χ4v) is 5.21. The number of thiophene rings is 2. The SMILES string of the molecule is C/C=C/c1ccc(/C=C/c2sc(/C=N/N(CC3CO3)c3ccccc3)c3c2OCCO3)s1. The Morgan fingerprint density at radius 2 is 1.66 bits per heavy atom. The summed E-state index contributed by atoms with van der Waals surface area (Å²) in [5.41, 5.74) is 1.04. The third-order valence-corrected chi connectivity index (χ3v) is 7.04. The highest BCUT2D eigenvalue weighted by atomic mass is 32.1. The second-order valence-corrected chi connectivity index (χ2v) is 9.61. The lowest BCUT2D eigenvalue weighted by atomic mass is 10.3. The molecule has 1 aromatic carbocycles. The molecule has 164 valence electrons. The summed E-state index contributed by atoms with van der Waals surface area (Å²) >= 11 is 3.39. The summed E-state index contributed by atoms with van der Waals surface area (Å²) in [6.45, 7) is 4.65. The van der Waals surface area contributed by atoms with Crippen molar-refractivity contribution >= 4 is 52.8 Å². The number of anilines is 1. The molecule has 32 heavy (non-hydrogen) atoms. The fraction of sp³-hybridized carbons (Fsp3) is 0.240. The molecule has 7 heteroatoms. The average Bonchev–Trinajstić information content (AvgIpc) is 3.43. The third-order valence-electron chi connectivity index (χ3n) is 4.97. The number of hydrazone groups is 1. The first kappa shape index (κ1) is 21.0. The Morgan fingerprint density at radius 3 is 2.38 bits per heavy atom. The van der Waals surface area contributed by atoms with Crippen LogP contribution in [0.4, 0.5) is 5.69 Å². The van der Waals surface area contributed by atoms with Gasteiger partial charge in [0.2, 0.25) is 0 Å². The molecule has 0 spiro atoms. The van der Waals surface area contributed by atoms with Gasteiger partial charge >= 0.3 is 0 Å². The molecule has 0 aliphatic carbocycles. The second-order valence-electron chi connectivity index (χ2n) is 7.38. The van der Waals surface area contributed by atoms with Crippen molar-refractivity contribution in [2.75, 3.05) is 31.4 Å². The summed E-state index contributed by atoms with van der Waals surface area (Å²) in [6, 6.07) is 14.4. The molecule has 5 rings (SSSR count). The van der Waals surface area contributed by atoms with Gasteiger partial charge < -0.3 is 14.2 Å². The Morgan fingerprint density at radius 1 is 0.938 bits per heavy atom. The van der Waals surface area contributed by atoms with E-state index < -0.39 is 0 Å². The molecule has 1 fully saturated rings. The highest BCUT2D eigenvalue weighted by Crippen LogP contribution is 2.44. The van der Waals surface area contributed by atoms with Crippen molar-refractivity contribution in [1.82, 2.24) is 0 Å². The van der Waals surface area contributed by atoms with E-state index in [4.69, 9.17) is 19.3 Å². The molecule has 2 aliphatic heterocycles. The molecule has 0 N–H and O–H groups in total. The number of nitrogens with zero attached hydrogens (tertiary/aromatic N) is 2. The van der Waals surface area contributed by atoms with Gasteiger partial charge in [-0.2, -0.15) is 5.10 Å². The van der Waals surface area contributed by atoms with Crippen LogP contribution in [0.5, 0.6) is 11.5 Å². The van der Waals surface area contributed by atoms with Gasteiger partial charge in [0, 0.05) is 9.75 Å². The number of ether oxygens (including phenoxy) is 3. The molecule has 1 saturated heterocycles. The maximum atomic E-state index is 5.97. The van der Waals surface area contributed by atoms with Gasteiger partial charge in [-0.3, -0.25) is 5.01 Å². The first-order valence-electron chi connectivity index (χ1n) is 10.6. The maximum Gasteiger partial charge on any atom is 0.181 e. The largest absolute Gasteiger partial charge is 0.485 e. The van der Waals surface area contributed by atoms with Crippen LogP contribution in [0.3, 0.4) is 0 Å². The first-order chi connectivity index (χ1) is 15.8. The quantitative estimate of drug-likeness (QED) is 0.232. The van der Waals surface area contributed by atoms with Crippen molar-refractivity contribution in [2.24, 2.45) is 5.10 Å². The van der Waals surface area contributed by atoms with E-state index in [1.807, 2.05) is 36.3 Å². The van der Waals surface area contributed by atoms with Crippen LogP contribution in [0.25, 0.3) is 18.2 Å². The van der Waals surface area contributed by atoms with E-state index in [0.717, 1.165) is 40.1 Å². The molecular formula is C25H24N2O3S2. The van der Waals surface area contributed by atoms with E-state index in [2.05, 4.69) is 48.6 Å². The van der Waals surface area contributed by atoms with Crippen LogP contribution in [0.15, 0.2) is 53.6 Å². The number of rotatable bonds is 8. The van der Waals surface area contributed by atoms with Crippen molar-refractivity contribution in [3.63, 3.8) is 0 Å². The molecule has 5 nitrogen and oxygen atoms in total. The van der Waals surface area contributed by atoms with Crippen LogP contribution in [0.1, 0.15) is 26.4 Å². The Labute approximate surface area is 195 Å². The molecule has 0 saturated carbocycles. The minimum atomic E-state index is 0.237. The molecule has 1 unspecified atom stereocenters. The Kier molecular flexibility index (Phi) is 6.39. The lowest BCUT2D eigenvalue weighted by Crippen LogP contribution is -2.22. The lowest BCUT2D eigenvalue weighted by Gasteiger charge is -2.18. The summed E-state index contributed by atoms with van der Waals surface area (Å²) in [5.74, 6) is 1.59. The minimum absolute atomic E-state index is 0.237. The van der Waals surface area contributed by atoms with Crippen molar-refractivity contribution in [1.29, 1.82) is 0 Å². The summed E-state index contributed by atoms with van der Waals surface area (Å²) in [7, 11) is 0. The van der Waals surface area contributed by atoms with Crippen molar-refractivity contribution in [3.05, 3.63) is 68.0 Å². The minimum Gasteiger partial charge on any atom is -0.485 e. The Bertz CT molecular complexity index is 1140. The van der Waals surface area contributed by atoms with Crippen LogP contribution in [-0.2, 0) is 4.74 Å². The average molecular weight is 465 g/mol. The summed E-state index contributed by atoms with van der Waals surface area (Å²) in [4.78, 5) is 4.44. The van der Waals surface area contributed by atoms with Gasteiger partial charge in [-0.25, -0.2) is 0 Å². The van der Waals surface area contributed by atoms with Crippen LogP contribution in [-0.4, -0.2) is 38.7 Å². The van der Waals surface area contributed by atoms with Gasteiger partial charge in [-0.15, -0.1) is 22.7 Å². The number of hydrogen-bond acceptors (Lipinski definition) is 7. The molecule has 4 heterocycles. The van der Waals surface area contributed by atoms with Gasteiger partial charge in [0.25, 0.3) is 0 Å². The highest BCUT2D eigenvalue weighted by Gasteiger charge is 2.26. The van der Waals surface area contributed by atoms with Gasteiger partial charge in [0.05, 0.1) is 34.8 Å². The molecular weight excluding hydrogens is 440 g/mol. The number of para-hydroxylation sites is 1. The lowest BCUT2D eigenvalue weighted by molar-refractivity contribution is 0.173. The van der Waals surface area contributed by atoms with Crippen molar-refractivity contribution in [3.8, 4) is 11.5 Å². The van der Waals surface area contributed by atoms with Gasteiger partial charge in [-0.05, 0) is 49.4 Å². The number of fused-ring (bicyclic) bond motifs is 1. The van der Waals surface area contributed by atoms with Crippen LogP contribution in [0.2, 0.25) is 0 Å². The smallest absolute Gasteiger partial charge is 0.181 e. The van der Waals surface area contributed by atoms with Gasteiger partial charge in [0.1, 0.15) is 19.3 Å². The normalized spacial score (nSPS) is 17.6. The van der Waals surface area contributed by atoms with Crippen molar-refractivity contribution < 1.29 is 14.2 Å². The number of allylic oxidation sites excluding steroid dienone is 1. The zero-order chi connectivity index (χ0) is 21.8. The molecule has 3 aromatic rings. The number of epoxide rings is 1. The highest BCUT2D eigenvalue weighted by molar-refractivity contribution is 7.15. The van der Waals surface area contributed by atoms with Crippen LogP contribution in [0, 0.1) is 0 Å². The summed E-state index contributed by atoms with van der Waals surface area (Å²) in [6.07, 6.45) is 10.5. The number of hydrogen-bond donors (Lipinski definition) is 0. The van der Waals surface area contributed by atoms with E-state index in [9.17, 15) is 0 Å². The van der Waals surface area contributed by atoms with Gasteiger partial charge in [-0.1, -0.05) is 24.3 Å². The zero-order valence-electron chi connectivity index (χ0n) is 17.8. The Balaban J connectivity index is 1.41. The van der Waals surface area contributed by atoms with Gasteiger partial charge in [0.15, 0.2) is 11.5 Å². The zero-order valence-corrected chi connectivity index (χ0v) is 19.4. The Hall–Kier alpha value is -2.87. The predicted octanol–water partition coefficient (Wildman–Crippen LogP) is 6.02. The molecule has 1 atom stereocenters. The van der Waals surface area contributed by atoms with Crippen molar-refractivity contribution in [2.45, 2.75) is 13.0 Å². The van der Waals surface area contributed by atoms with Crippen LogP contribution >= 0.6 is 22.7 Å². The summed E-state index contributed by atoms with van der Waals surface area (Å²) < 4.78 is 17.4. The molecule has 0 amide bonds. The maximum absolute atomic E-state index is 5.97. The first-order valence-corrected chi connectivity index (χ1v) is 12.2. The van der Waals surface area contributed by atoms with E-state index in [1.54, 1.807) is 22.7 Å². The molecule has 0 bridgehead atoms. The summed E-state index contributed by atoms with van der Waals surface area (Å²) in [5, 5.41) is 6.76. The fourth-order valence-electron chi connectivity index (χ4n) is 3.37.